The maximum atomic E-state index is 12.2. The molecule has 0 heterocycles. The van der Waals surface area contributed by atoms with E-state index in [2.05, 4.69) is 6.92 Å². The highest BCUT2D eigenvalue weighted by Gasteiger charge is 2.14. The SMILES string of the molecule is CCCCCC/C=C\C(C)(F)F. The van der Waals surface area contributed by atoms with Gasteiger partial charge in [-0.2, -0.15) is 0 Å². The number of rotatable bonds is 6. The molecular formula is C10H18F2. The van der Waals surface area contributed by atoms with Gasteiger partial charge in [-0.3, -0.25) is 0 Å². The average Bonchev–Trinajstić information content (AvgIpc) is 1.94. The standard InChI is InChI=1S/C10H18F2/c1-3-4-5-6-7-8-9-10(2,11)12/h8-9H,3-7H2,1-2H3/b9-8-. The van der Waals surface area contributed by atoms with Crippen molar-refractivity contribution in [1.82, 2.24) is 0 Å². The van der Waals surface area contributed by atoms with Crippen LogP contribution in [0.25, 0.3) is 0 Å². The summed E-state index contributed by atoms with van der Waals surface area (Å²) in [5.41, 5.74) is 0. The van der Waals surface area contributed by atoms with E-state index in [1.54, 1.807) is 6.08 Å². The van der Waals surface area contributed by atoms with Gasteiger partial charge in [0.05, 0.1) is 0 Å². The van der Waals surface area contributed by atoms with E-state index in [1.807, 2.05) is 0 Å². The fourth-order valence-electron chi connectivity index (χ4n) is 0.979. The Balaban J connectivity index is 3.25. The van der Waals surface area contributed by atoms with Gasteiger partial charge < -0.3 is 0 Å². The Morgan fingerprint density at radius 3 is 2.33 bits per heavy atom. The zero-order valence-corrected chi connectivity index (χ0v) is 7.95. The van der Waals surface area contributed by atoms with Gasteiger partial charge in [0.15, 0.2) is 0 Å². The number of unbranched alkanes of at least 4 members (excludes halogenated alkanes) is 4. The van der Waals surface area contributed by atoms with E-state index >= 15 is 0 Å². The average molecular weight is 176 g/mol. The van der Waals surface area contributed by atoms with Gasteiger partial charge in [-0.15, -0.1) is 0 Å². The monoisotopic (exact) mass is 176 g/mol. The molecule has 12 heavy (non-hydrogen) atoms. The van der Waals surface area contributed by atoms with Gasteiger partial charge in [0, 0.05) is 6.92 Å². The Kier molecular flexibility index (Phi) is 5.95. The maximum Gasteiger partial charge on any atom is 0.263 e. The van der Waals surface area contributed by atoms with Crippen LogP contribution in [-0.4, -0.2) is 5.92 Å². The molecule has 0 atom stereocenters. The van der Waals surface area contributed by atoms with Gasteiger partial charge in [0.1, 0.15) is 0 Å². The normalized spacial score (nSPS) is 12.7. The van der Waals surface area contributed by atoms with Gasteiger partial charge in [-0.25, -0.2) is 8.78 Å². The summed E-state index contributed by atoms with van der Waals surface area (Å²) in [4.78, 5) is 0. The molecule has 0 saturated carbocycles. The molecule has 2 heteroatoms. The Morgan fingerprint density at radius 2 is 1.83 bits per heavy atom. The first kappa shape index (κ1) is 11.6. The molecule has 0 aliphatic carbocycles. The van der Waals surface area contributed by atoms with Crippen LogP contribution in [0.5, 0.6) is 0 Å². The smallest absolute Gasteiger partial charge is 0.202 e. The second kappa shape index (κ2) is 6.15. The molecule has 0 fully saturated rings. The molecule has 0 rings (SSSR count). The van der Waals surface area contributed by atoms with E-state index in [-0.39, 0.29) is 0 Å². The van der Waals surface area contributed by atoms with E-state index in [1.165, 1.54) is 12.8 Å². The quantitative estimate of drug-likeness (QED) is 0.421. The lowest BCUT2D eigenvalue weighted by Crippen LogP contribution is -2.02. The largest absolute Gasteiger partial charge is 0.263 e. The zero-order chi connectivity index (χ0) is 9.45. The third kappa shape index (κ3) is 9.60. The Hall–Kier alpha value is -0.400. The number of hydrogen-bond acceptors (Lipinski definition) is 0. The summed E-state index contributed by atoms with van der Waals surface area (Å²) in [6.07, 6.45) is 7.92. The van der Waals surface area contributed by atoms with Crippen LogP contribution in [0.3, 0.4) is 0 Å². The molecule has 0 aromatic heterocycles. The van der Waals surface area contributed by atoms with E-state index in [0.717, 1.165) is 32.3 Å². The molecule has 0 radical (unpaired) electrons. The molecular weight excluding hydrogens is 158 g/mol. The highest BCUT2D eigenvalue weighted by molar-refractivity contribution is 4.91. The summed E-state index contributed by atoms with van der Waals surface area (Å²) in [5.74, 6) is -2.63. The van der Waals surface area contributed by atoms with Gasteiger partial charge in [-0.1, -0.05) is 32.3 Å². The topological polar surface area (TPSA) is 0 Å². The van der Waals surface area contributed by atoms with Crippen LogP contribution in [0, 0.1) is 0 Å². The van der Waals surface area contributed by atoms with Crippen LogP contribution in [-0.2, 0) is 0 Å². The second-order valence-electron chi connectivity index (χ2n) is 3.21. The fraction of sp³-hybridized carbons (Fsp3) is 0.800. The Morgan fingerprint density at radius 1 is 1.17 bits per heavy atom. The van der Waals surface area contributed by atoms with Crippen molar-refractivity contribution in [2.75, 3.05) is 0 Å². The van der Waals surface area contributed by atoms with Gasteiger partial charge in [0.2, 0.25) is 0 Å². The summed E-state index contributed by atoms with van der Waals surface area (Å²) in [6, 6.07) is 0. The molecule has 0 aromatic rings. The third-order valence-electron chi connectivity index (χ3n) is 1.63. The highest BCUT2D eigenvalue weighted by Crippen LogP contribution is 2.14. The summed E-state index contributed by atoms with van der Waals surface area (Å²) < 4.78 is 24.4. The van der Waals surface area contributed by atoms with Gasteiger partial charge >= 0.3 is 0 Å². The first-order chi connectivity index (χ1) is 5.56. The lowest BCUT2D eigenvalue weighted by molar-refractivity contribution is 0.0771. The lowest BCUT2D eigenvalue weighted by atomic mass is 10.1. The second-order valence-corrected chi connectivity index (χ2v) is 3.21. The van der Waals surface area contributed by atoms with E-state index < -0.39 is 5.92 Å². The molecule has 0 nitrogen and oxygen atoms in total. The van der Waals surface area contributed by atoms with Crippen molar-refractivity contribution in [3.63, 3.8) is 0 Å². The molecule has 0 bridgehead atoms. The van der Waals surface area contributed by atoms with Gasteiger partial charge in [0.25, 0.3) is 5.92 Å². The van der Waals surface area contributed by atoms with Crippen molar-refractivity contribution in [3.8, 4) is 0 Å². The summed E-state index contributed by atoms with van der Waals surface area (Å²) in [6.45, 7) is 3.05. The number of alkyl halides is 2. The number of halogens is 2. The minimum atomic E-state index is -2.63. The Labute approximate surface area is 73.7 Å². The van der Waals surface area contributed by atoms with Crippen LogP contribution >= 0.6 is 0 Å². The van der Waals surface area contributed by atoms with Crippen LogP contribution in [0.1, 0.15) is 46.0 Å². The van der Waals surface area contributed by atoms with Crippen LogP contribution < -0.4 is 0 Å². The lowest BCUT2D eigenvalue weighted by Gasteiger charge is -2.01. The van der Waals surface area contributed by atoms with Gasteiger partial charge in [-0.05, 0) is 18.9 Å². The molecule has 0 amide bonds. The summed E-state index contributed by atoms with van der Waals surface area (Å²) >= 11 is 0. The van der Waals surface area contributed by atoms with Crippen molar-refractivity contribution >= 4 is 0 Å². The van der Waals surface area contributed by atoms with Crippen LogP contribution in [0.4, 0.5) is 8.78 Å². The van der Waals surface area contributed by atoms with Crippen molar-refractivity contribution in [1.29, 1.82) is 0 Å². The van der Waals surface area contributed by atoms with Crippen molar-refractivity contribution in [3.05, 3.63) is 12.2 Å². The van der Waals surface area contributed by atoms with Crippen molar-refractivity contribution in [2.45, 2.75) is 51.9 Å². The predicted octanol–water partition coefficient (Wildman–Crippen LogP) is 4.17. The first-order valence-electron chi connectivity index (χ1n) is 4.62. The van der Waals surface area contributed by atoms with Crippen molar-refractivity contribution in [2.24, 2.45) is 0 Å². The molecule has 72 valence electrons. The maximum absolute atomic E-state index is 12.2. The molecule has 0 aliphatic rings. The number of allylic oxidation sites excluding steroid dienone is 2. The van der Waals surface area contributed by atoms with E-state index in [9.17, 15) is 8.78 Å². The molecule has 0 saturated heterocycles. The predicted molar refractivity (Wildman–Crippen MR) is 48.5 cm³/mol. The highest BCUT2D eigenvalue weighted by atomic mass is 19.3. The van der Waals surface area contributed by atoms with E-state index in [4.69, 9.17) is 0 Å². The first-order valence-corrected chi connectivity index (χ1v) is 4.62. The summed E-state index contributed by atoms with van der Waals surface area (Å²) in [7, 11) is 0. The summed E-state index contributed by atoms with van der Waals surface area (Å²) in [5, 5.41) is 0. The fourth-order valence-corrected chi connectivity index (χ4v) is 0.979. The van der Waals surface area contributed by atoms with E-state index in [0.29, 0.717) is 0 Å². The van der Waals surface area contributed by atoms with Crippen LogP contribution in [0.2, 0.25) is 0 Å². The van der Waals surface area contributed by atoms with Crippen molar-refractivity contribution < 1.29 is 8.78 Å². The molecule has 0 N–H and O–H groups in total. The van der Waals surface area contributed by atoms with Crippen LogP contribution in [0.15, 0.2) is 12.2 Å². The molecule has 0 spiro atoms. The Bertz CT molecular complexity index is 122. The molecule has 0 aromatic carbocycles. The zero-order valence-electron chi connectivity index (χ0n) is 7.95. The third-order valence-corrected chi connectivity index (χ3v) is 1.63. The molecule has 0 aliphatic heterocycles. The number of hydrogen-bond donors (Lipinski definition) is 0. The molecule has 0 unspecified atom stereocenters. The minimum Gasteiger partial charge on any atom is -0.202 e. The minimum absolute atomic E-state index is 0.781.